The lowest BCUT2D eigenvalue weighted by Crippen LogP contribution is -2.26. The van der Waals surface area contributed by atoms with Crippen LogP contribution in [0.25, 0.3) is 0 Å². The highest BCUT2D eigenvalue weighted by Crippen LogP contribution is 2.14. The van der Waals surface area contributed by atoms with Crippen LogP contribution in [0.5, 0.6) is 0 Å². The highest BCUT2D eigenvalue weighted by Gasteiger charge is 2.09. The number of anilines is 1. The number of hydrogen-bond donors (Lipinski definition) is 1. The topological polar surface area (TPSA) is 56.1 Å². The fourth-order valence-electron chi connectivity index (χ4n) is 1.74. The van der Waals surface area contributed by atoms with Crippen LogP contribution in [0.1, 0.15) is 18.4 Å². The summed E-state index contributed by atoms with van der Waals surface area (Å²) in [5.41, 5.74) is 0.872. The van der Waals surface area contributed by atoms with Crippen LogP contribution in [0.4, 0.5) is 14.5 Å². The monoisotopic (exact) mass is 281 g/mol. The summed E-state index contributed by atoms with van der Waals surface area (Å²) >= 11 is 0. The Morgan fingerprint density at radius 3 is 2.80 bits per heavy atom. The molecular weight excluding hydrogens is 264 g/mol. The number of nitriles is 1. The van der Waals surface area contributed by atoms with Crippen molar-refractivity contribution >= 4 is 11.6 Å². The Balaban J connectivity index is 2.36. The molecule has 1 rings (SSSR count). The van der Waals surface area contributed by atoms with Crippen LogP contribution in [0.15, 0.2) is 24.3 Å². The van der Waals surface area contributed by atoms with Crippen molar-refractivity contribution in [3.05, 3.63) is 29.8 Å². The van der Waals surface area contributed by atoms with E-state index in [1.165, 1.54) is 4.90 Å². The predicted octanol–water partition coefficient (Wildman–Crippen LogP) is 2.47. The van der Waals surface area contributed by atoms with Crippen molar-refractivity contribution in [1.29, 1.82) is 5.26 Å². The smallest absolute Gasteiger partial charge is 0.251 e. The quantitative estimate of drug-likeness (QED) is 0.835. The van der Waals surface area contributed by atoms with Crippen LogP contribution >= 0.6 is 0 Å². The number of alkyl halides is 2. The van der Waals surface area contributed by atoms with Crippen LogP contribution in [0.3, 0.4) is 0 Å². The first-order valence-electron chi connectivity index (χ1n) is 6.28. The molecule has 108 valence electrons. The van der Waals surface area contributed by atoms with Gasteiger partial charge in [0.25, 0.3) is 6.43 Å². The van der Waals surface area contributed by atoms with Crippen molar-refractivity contribution in [2.45, 2.75) is 19.3 Å². The minimum Gasteiger partial charge on any atom is -0.325 e. The fraction of sp³-hybridized carbons (Fsp3) is 0.429. The van der Waals surface area contributed by atoms with E-state index in [-0.39, 0.29) is 18.9 Å². The first-order chi connectivity index (χ1) is 9.52. The number of para-hydroxylation sites is 1. The van der Waals surface area contributed by atoms with Gasteiger partial charge in [-0.05, 0) is 32.1 Å². The van der Waals surface area contributed by atoms with E-state index in [1.807, 2.05) is 6.07 Å². The number of nitrogens with zero attached hydrogens (tertiary/aromatic N) is 2. The number of carbonyl (C=O) groups is 1. The van der Waals surface area contributed by atoms with Crippen molar-refractivity contribution in [2.24, 2.45) is 0 Å². The number of nitrogens with one attached hydrogen (secondary N) is 1. The first-order valence-corrected chi connectivity index (χ1v) is 6.28. The fourth-order valence-corrected chi connectivity index (χ4v) is 1.74. The molecule has 0 bridgehead atoms. The zero-order valence-electron chi connectivity index (χ0n) is 11.3. The van der Waals surface area contributed by atoms with Gasteiger partial charge < -0.3 is 10.2 Å². The molecule has 0 aromatic heterocycles. The van der Waals surface area contributed by atoms with E-state index < -0.39 is 6.43 Å². The molecule has 20 heavy (non-hydrogen) atoms. The highest BCUT2D eigenvalue weighted by molar-refractivity contribution is 5.92. The summed E-state index contributed by atoms with van der Waals surface area (Å²) in [6.45, 7) is 0.135. The molecule has 1 aromatic rings. The van der Waals surface area contributed by atoms with E-state index in [1.54, 1.807) is 31.3 Å². The minimum atomic E-state index is -2.36. The number of carbonyl (C=O) groups excluding carboxylic acids is 1. The highest BCUT2D eigenvalue weighted by atomic mass is 19.3. The van der Waals surface area contributed by atoms with E-state index in [4.69, 9.17) is 5.26 Å². The number of amides is 1. The van der Waals surface area contributed by atoms with Gasteiger partial charge in [-0.25, -0.2) is 8.78 Å². The molecule has 1 N–H and O–H groups in total. The Hall–Kier alpha value is -2.00. The maximum absolute atomic E-state index is 12.1. The second-order valence-corrected chi connectivity index (χ2v) is 4.46. The molecule has 0 unspecified atom stereocenters. The van der Waals surface area contributed by atoms with Crippen molar-refractivity contribution in [3.63, 3.8) is 0 Å². The Kier molecular flexibility index (Phi) is 6.60. The molecule has 6 heteroatoms. The molecule has 0 saturated heterocycles. The second-order valence-electron chi connectivity index (χ2n) is 4.46. The van der Waals surface area contributed by atoms with Gasteiger partial charge in [0.15, 0.2) is 0 Å². The van der Waals surface area contributed by atoms with Gasteiger partial charge in [-0.2, -0.15) is 5.26 Å². The van der Waals surface area contributed by atoms with Crippen molar-refractivity contribution in [1.82, 2.24) is 4.90 Å². The third-order valence-corrected chi connectivity index (χ3v) is 2.71. The average Bonchev–Trinajstić information content (AvgIpc) is 2.38. The van der Waals surface area contributed by atoms with Crippen molar-refractivity contribution in [2.75, 3.05) is 25.5 Å². The van der Waals surface area contributed by atoms with Gasteiger partial charge in [0.2, 0.25) is 5.91 Å². The Morgan fingerprint density at radius 1 is 1.45 bits per heavy atom. The maximum Gasteiger partial charge on any atom is 0.251 e. The Bertz CT molecular complexity index is 486. The molecule has 1 amide bonds. The molecule has 4 nitrogen and oxygen atoms in total. The average molecular weight is 281 g/mol. The predicted molar refractivity (Wildman–Crippen MR) is 72.5 cm³/mol. The summed E-state index contributed by atoms with van der Waals surface area (Å²) in [6.07, 6.45) is -1.65. The molecule has 0 aliphatic carbocycles. The molecule has 0 fully saturated rings. The largest absolute Gasteiger partial charge is 0.325 e. The lowest BCUT2D eigenvalue weighted by molar-refractivity contribution is -0.116. The van der Waals surface area contributed by atoms with Crippen molar-refractivity contribution in [3.8, 4) is 6.07 Å². The van der Waals surface area contributed by atoms with Gasteiger partial charge in [-0.1, -0.05) is 12.1 Å². The molecule has 0 radical (unpaired) electrons. The molecule has 1 aromatic carbocycles. The summed E-state index contributed by atoms with van der Waals surface area (Å²) < 4.78 is 24.2. The summed E-state index contributed by atoms with van der Waals surface area (Å²) in [7, 11) is 1.59. The summed E-state index contributed by atoms with van der Waals surface area (Å²) in [4.78, 5) is 13.2. The van der Waals surface area contributed by atoms with Crippen LogP contribution in [-0.2, 0) is 4.79 Å². The van der Waals surface area contributed by atoms with Crippen LogP contribution in [0.2, 0.25) is 0 Å². The normalized spacial score (nSPS) is 10.6. The zero-order valence-corrected chi connectivity index (χ0v) is 11.3. The van der Waals surface area contributed by atoms with Gasteiger partial charge in [0, 0.05) is 6.42 Å². The molecule has 0 aliphatic rings. The van der Waals surface area contributed by atoms with E-state index >= 15 is 0 Å². The van der Waals surface area contributed by atoms with Gasteiger partial charge in [-0.3, -0.25) is 4.79 Å². The van der Waals surface area contributed by atoms with E-state index in [2.05, 4.69) is 5.32 Å². The molecule has 0 saturated carbocycles. The third-order valence-electron chi connectivity index (χ3n) is 2.71. The SMILES string of the molecule is CN(CCCC(=O)Nc1ccccc1C#N)CC(F)F. The zero-order chi connectivity index (χ0) is 15.0. The Labute approximate surface area is 117 Å². The second kappa shape index (κ2) is 8.23. The van der Waals surface area contributed by atoms with E-state index in [0.29, 0.717) is 24.2 Å². The molecule has 0 atom stereocenters. The lowest BCUT2D eigenvalue weighted by Gasteiger charge is -2.15. The number of hydrogen-bond acceptors (Lipinski definition) is 3. The Morgan fingerprint density at radius 2 is 2.15 bits per heavy atom. The first kappa shape index (κ1) is 16.1. The van der Waals surface area contributed by atoms with Crippen molar-refractivity contribution < 1.29 is 13.6 Å². The van der Waals surface area contributed by atoms with E-state index in [9.17, 15) is 13.6 Å². The number of benzene rings is 1. The van der Waals surface area contributed by atoms with Gasteiger partial charge in [0.05, 0.1) is 17.8 Å². The maximum atomic E-state index is 12.1. The van der Waals surface area contributed by atoms with Crippen LogP contribution < -0.4 is 5.32 Å². The lowest BCUT2D eigenvalue weighted by atomic mass is 10.2. The third kappa shape index (κ3) is 5.76. The van der Waals surface area contributed by atoms with Gasteiger partial charge in [-0.15, -0.1) is 0 Å². The molecular formula is C14H17F2N3O. The summed E-state index contributed by atoms with van der Waals surface area (Å²) in [5, 5.41) is 11.5. The molecule has 0 heterocycles. The molecule has 0 spiro atoms. The van der Waals surface area contributed by atoms with Crippen LogP contribution in [-0.4, -0.2) is 37.4 Å². The summed E-state index contributed by atoms with van der Waals surface area (Å²) in [5.74, 6) is -0.224. The van der Waals surface area contributed by atoms with Gasteiger partial charge in [0.1, 0.15) is 6.07 Å². The minimum absolute atomic E-state index is 0.224. The van der Waals surface area contributed by atoms with Crippen LogP contribution in [0, 0.1) is 11.3 Å². The van der Waals surface area contributed by atoms with Gasteiger partial charge >= 0.3 is 0 Å². The summed E-state index contributed by atoms with van der Waals surface area (Å²) in [6, 6.07) is 8.70. The number of halogens is 2. The number of rotatable bonds is 7. The van der Waals surface area contributed by atoms with E-state index in [0.717, 1.165) is 0 Å². The molecule has 0 aliphatic heterocycles. The standard InChI is InChI=1S/C14H17F2N3O/c1-19(10-13(15)16)8-4-7-14(20)18-12-6-3-2-5-11(12)9-17/h2-3,5-6,13H,4,7-8,10H2,1H3,(H,18,20).